The van der Waals surface area contributed by atoms with Crippen molar-refractivity contribution in [3.8, 4) is 5.75 Å². The molecule has 0 aromatic heterocycles. The minimum Gasteiger partial charge on any atom is -0.490 e. The van der Waals surface area contributed by atoms with Crippen LogP contribution < -0.4 is 4.74 Å². The van der Waals surface area contributed by atoms with Crippen LogP contribution in [0.2, 0.25) is 0 Å². The Morgan fingerprint density at radius 1 is 1.37 bits per heavy atom. The van der Waals surface area contributed by atoms with E-state index in [1.54, 1.807) is 0 Å². The standard InChI is InChI=1S/C15H22BrNO2/c1-12-6-8-17(9-7-12)10-13(18)11-19-15-5-3-2-4-14(15)16/h2-5,12-13,18H,6-11H2,1H3/t13-/m1/s1. The molecule has 1 heterocycles. The summed E-state index contributed by atoms with van der Waals surface area (Å²) in [6, 6.07) is 7.72. The third-order valence-electron chi connectivity index (χ3n) is 3.61. The van der Waals surface area contributed by atoms with E-state index in [-0.39, 0.29) is 0 Å². The van der Waals surface area contributed by atoms with Gasteiger partial charge in [0.15, 0.2) is 0 Å². The van der Waals surface area contributed by atoms with E-state index in [0.717, 1.165) is 29.2 Å². The first kappa shape index (κ1) is 14.8. The Bertz CT molecular complexity index is 391. The molecule has 0 aliphatic carbocycles. The molecule has 0 spiro atoms. The summed E-state index contributed by atoms with van der Waals surface area (Å²) in [6.45, 7) is 5.52. The number of hydrogen-bond donors (Lipinski definition) is 1. The van der Waals surface area contributed by atoms with E-state index in [9.17, 15) is 5.11 Å². The largest absolute Gasteiger partial charge is 0.490 e. The molecular formula is C15H22BrNO2. The van der Waals surface area contributed by atoms with E-state index < -0.39 is 6.10 Å². The number of likely N-dealkylation sites (tertiary alicyclic amines) is 1. The number of benzene rings is 1. The number of rotatable bonds is 5. The molecule has 0 radical (unpaired) electrons. The number of aliphatic hydroxyl groups is 1. The second-order valence-corrected chi connectivity index (χ2v) is 6.23. The van der Waals surface area contributed by atoms with E-state index in [4.69, 9.17) is 4.74 Å². The molecule has 0 unspecified atom stereocenters. The molecular weight excluding hydrogens is 306 g/mol. The SMILES string of the molecule is CC1CCN(C[C@@H](O)COc2ccccc2Br)CC1. The van der Waals surface area contributed by atoms with Gasteiger partial charge >= 0.3 is 0 Å². The van der Waals surface area contributed by atoms with Crippen LogP contribution in [0, 0.1) is 5.92 Å². The molecule has 0 saturated carbocycles. The number of β-amino-alcohol motifs (C(OH)–C–C–N with tert-alkyl or cyclic N) is 1. The lowest BCUT2D eigenvalue weighted by Gasteiger charge is -2.31. The molecule has 4 heteroatoms. The topological polar surface area (TPSA) is 32.7 Å². The Kier molecular flexibility index (Phi) is 5.67. The van der Waals surface area contributed by atoms with Gasteiger partial charge in [-0.3, -0.25) is 0 Å². The first-order chi connectivity index (χ1) is 9.15. The molecule has 0 bridgehead atoms. The van der Waals surface area contributed by atoms with Crippen LogP contribution in [-0.4, -0.2) is 42.4 Å². The van der Waals surface area contributed by atoms with Crippen molar-refractivity contribution in [1.29, 1.82) is 0 Å². The molecule has 106 valence electrons. The smallest absolute Gasteiger partial charge is 0.133 e. The summed E-state index contributed by atoms with van der Waals surface area (Å²) in [6.07, 6.45) is 2.04. The molecule has 1 aromatic rings. The molecule has 1 atom stereocenters. The number of halogens is 1. The highest BCUT2D eigenvalue weighted by Gasteiger charge is 2.18. The van der Waals surface area contributed by atoms with E-state index in [2.05, 4.69) is 27.8 Å². The van der Waals surface area contributed by atoms with Crippen molar-refractivity contribution in [1.82, 2.24) is 4.90 Å². The quantitative estimate of drug-likeness (QED) is 0.902. The van der Waals surface area contributed by atoms with Gasteiger partial charge in [0.1, 0.15) is 18.5 Å². The third kappa shape index (κ3) is 4.79. The summed E-state index contributed by atoms with van der Waals surface area (Å²) < 4.78 is 6.56. The van der Waals surface area contributed by atoms with Crippen molar-refractivity contribution in [2.45, 2.75) is 25.9 Å². The first-order valence-corrected chi connectivity index (χ1v) is 7.72. The van der Waals surface area contributed by atoms with Gasteiger partial charge in [0, 0.05) is 6.54 Å². The molecule has 1 aliphatic rings. The number of hydrogen-bond acceptors (Lipinski definition) is 3. The fourth-order valence-corrected chi connectivity index (χ4v) is 2.74. The summed E-state index contributed by atoms with van der Waals surface area (Å²) in [4.78, 5) is 2.33. The van der Waals surface area contributed by atoms with Crippen LogP contribution in [0.25, 0.3) is 0 Å². The van der Waals surface area contributed by atoms with Crippen molar-refractivity contribution >= 4 is 15.9 Å². The van der Waals surface area contributed by atoms with E-state index >= 15 is 0 Å². The third-order valence-corrected chi connectivity index (χ3v) is 4.27. The summed E-state index contributed by atoms with van der Waals surface area (Å²) in [5, 5.41) is 10.0. The minimum absolute atomic E-state index is 0.342. The van der Waals surface area contributed by atoms with E-state index in [0.29, 0.717) is 13.2 Å². The summed E-state index contributed by atoms with van der Waals surface area (Å²) in [5.74, 6) is 1.61. The summed E-state index contributed by atoms with van der Waals surface area (Å²) >= 11 is 3.43. The number of ether oxygens (including phenoxy) is 1. The maximum atomic E-state index is 10.0. The van der Waals surface area contributed by atoms with Gasteiger partial charge in [0.25, 0.3) is 0 Å². The molecule has 2 rings (SSSR count). The van der Waals surface area contributed by atoms with Gasteiger partial charge < -0.3 is 14.7 Å². The lowest BCUT2D eigenvalue weighted by Crippen LogP contribution is -2.40. The summed E-state index contributed by atoms with van der Waals surface area (Å²) in [7, 11) is 0. The maximum absolute atomic E-state index is 10.0. The fourth-order valence-electron chi connectivity index (χ4n) is 2.34. The molecule has 1 N–H and O–H groups in total. The Hall–Kier alpha value is -0.580. The highest BCUT2D eigenvalue weighted by Crippen LogP contribution is 2.24. The molecule has 19 heavy (non-hydrogen) atoms. The van der Waals surface area contributed by atoms with Crippen LogP contribution in [0.3, 0.4) is 0 Å². The Labute approximate surface area is 123 Å². The lowest BCUT2D eigenvalue weighted by molar-refractivity contribution is 0.0561. The fraction of sp³-hybridized carbons (Fsp3) is 0.600. The van der Waals surface area contributed by atoms with Gasteiger partial charge in [-0.15, -0.1) is 0 Å². The highest BCUT2D eigenvalue weighted by molar-refractivity contribution is 9.10. The molecule has 1 saturated heterocycles. The average Bonchev–Trinajstić information content (AvgIpc) is 2.40. The molecule has 1 aromatic carbocycles. The normalized spacial score (nSPS) is 19.3. The predicted molar refractivity (Wildman–Crippen MR) is 80.5 cm³/mol. The number of piperidine rings is 1. The number of para-hydroxylation sites is 1. The van der Waals surface area contributed by atoms with Crippen LogP contribution in [0.1, 0.15) is 19.8 Å². The Morgan fingerprint density at radius 2 is 2.05 bits per heavy atom. The predicted octanol–water partition coefficient (Wildman–Crippen LogP) is 2.92. The second-order valence-electron chi connectivity index (χ2n) is 5.38. The minimum atomic E-state index is -0.430. The van der Waals surface area contributed by atoms with Crippen molar-refractivity contribution in [3.63, 3.8) is 0 Å². The Morgan fingerprint density at radius 3 is 2.74 bits per heavy atom. The van der Waals surface area contributed by atoms with Crippen LogP contribution in [-0.2, 0) is 0 Å². The zero-order valence-electron chi connectivity index (χ0n) is 11.4. The molecule has 1 aliphatic heterocycles. The summed E-state index contributed by atoms with van der Waals surface area (Å²) in [5.41, 5.74) is 0. The zero-order valence-corrected chi connectivity index (χ0v) is 13.0. The first-order valence-electron chi connectivity index (χ1n) is 6.93. The molecule has 1 fully saturated rings. The van der Waals surface area contributed by atoms with Crippen molar-refractivity contribution in [3.05, 3.63) is 28.7 Å². The van der Waals surface area contributed by atoms with Gasteiger partial charge in [-0.05, 0) is 59.9 Å². The van der Waals surface area contributed by atoms with E-state index in [1.165, 1.54) is 12.8 Å². The van der Waals surface area contributed by atoms with Gasteiger partial charge in [0.05, 0.1) is 4.47 Å². The highest BCUT2D eigenvalue weighted by atomic mass is 79.9. The monoisotopic (exact) mass is 327 g/mol. The van der Waals surface area contributed by atoms with Crippen LogP contribution in [0.5, 0.6) is 5.75 Å². The maximum Gasteiger partial charge on any atom is 0.133 e. The lowest BCUT2D eigenvalue weighted by atomic mass is 9.99. The van der Waals surface area contributed by atoms with Crippen molar-refractivity contribution in [2.75, 3.05) is 26.2 Å². The van der Waals surface area contributed by atoms with Gasteiger partial charge in [-0.1, -0.05) is 19.1 Å². The van der Waals surface area contributed by atoms with Gasteiger partial charge in [-0.2, -0.15) is 0 Å². The zero-order chi connectivity index (χ0) is 13.7. The number of aliphatic hydroxyl groups excluding tert-OH is 1. The Balaban J connectivity index is 1.73. The molecule has 3 nitrogen and oxygen atoms in total. The van der Waals surface area contributed by atoms with Crippen LogP contribution >= 0.6 is 15.9 Å². The van der Waals surface area contributed by atoms with Crippen LogP contribution in [0.15, 0.2) is 28.7 Å². The average molecular weight is 328 g/mol. The van der Waals surface area contributed by atoms with Crippen molar-refractivity contribution in [2.24, 2.45) is 5.92 Å². The van der Waals surface area contributed by atoms with Crippen molar-refractivity contribution < 1.29 is 9.84 Å². The van der Waals surface area contributed by atoms with E-state index in [1.807, 2.05) is 24.3 Å². The number of nitrogens with zero attached hydrogens (tertiary/aromatic N) is 1. The van der Waals surface area contributed by atoms with Gasteiger partial charge in [-0.25, -0.2) is 0 Å². The van der Waals surface area contributed by atoms with Gasteiger partial charge in [0.2, 0.25) is 0 Å². The van der Waals surface area contributed by atoms with Crippen LogP contribution in [0.4, 0.5) is 0 Å². The molecule has 0 amide bonds. The second kappa shape index (κ2) is 7.27.